The molecule has 0 bridgehead atoms. The number of carboxylic acids is 1. The van der Waals surface area contributed by atoms with Gasteiger partial charge in [-0.15, -0.1) is 11.8 Å². The molecule has 0 amide bonds. The average Bonchev–Trinajstić information content (AvgIpc) is 2.71. The summed E-state index contributed by atoms with van der Waals surface area (Å²) in [6.07, 6.45) is 0. The number of rotatable bonds is 2. The second-order valence-corrected chi connectivity index (χ2v) is 5.40. The van der Waals surface area contributed by atoms with Crippen LogP contribution in [-0.4, -0.2) is 22.9 Å². The van der Waals surface area contributed by atoms with Crippen LogP contribution in [0, 0.1) is 0 Å². The summed E-state index contributed by atoms with van der Waals surface area (Å²) in [4.78, 5) is 10.8. The van der Waals surface area contributed by atoms with Crippen molar-refractivity contribution in [2.24, 2.45) is 0 Å². The summed E-state index contributed by atoms with van der Waals surface area (Å²) >= 11 is 13.3. The predicted octanol–water partition coefficient (Wildman–Crippen LogP) is 2.78. The van der Waals surface area contributed by atoms with Gasteiger partial charge >= 0.3 is 5.97 Å². The molecule has 1 aromatic rings. The van der Waals surface area contributed by atoms with Crippen molar-refractivity contribution in [2.45, 2.75) is 11.4 Å². The summed E-state index contributed by atoms with van der Waals surface area (Å²) in [6, 6.07) is 4.83. The molecule has 3 nitrogen and oxygen atoms in total. The van der Waals surface area contributed by atoms with Crippen LogP contribution >= 0.6 is 35.0 Å². The van der Waals surface area contributed by atoms with E-state index in [4.69, 9.17) is 28.3 Å². The number of carboxylic acid groups (broad SMARTS) is 1. The first-order valence-corrected chi connectivity index (χ1v) is 6.44. The number of nitrogens with one attached hydrogen (secondary N) is 1. The number of benzene rings is 1. The van der Waals surface area contributed by atoms with Crippen LogP contribution in [0.1, 0.15) is 10.9 Å². The molecule has 0 aromatic heterocycles. The molecule has 2 atom stereocenters. The van der Waals surface area contributed by atoms with E-state index in [1.165, 1.54) is 0 Å². The molecule has 16 heavy (non-hydrogen) atoms. The van der Waals surface area contributed by atoms with Gasteiger partial charge in [0.25, 0.3) is 0 Å². The third-order valence-corrected chi connectivity index (χ3v) is 4.33. The fourth-order valence-electron chi connectivity index (χ4n) is 1.48. The van der Waals surface area contributed by atoms with Crippen molar-refractivity contribution in [1.29, 1.82) is 0 Å². The van der Waals surface area contributed by atoms with E-state index < -0.39 is 12.0 Å². The number of hydrogen-bond acceptors (Lipinski definition) is 3. The van der Waals surface area contributed by atoms with Crippen LogP contribution in [0.15, 0.2) is 18.2 Å². The number of hydrogen-bond donors (Lipinski definition) is 2. The molecule has 1 heterocycles. The molecule has 0 unspecified atom stereocenters. The fourth-order valence-corrected chi connectivity index (χ4v) is 3.01. The normalized spacial score (nSPS) is 24.6. The van der Waals surface area contributed by atoms with Crippen LogP contribution < -0.4 is 5.32 Å². The summed E-state index contributed by atoms with van der Waals surface area (Å²) in [5.41, 5.74) is 0.947. The van der Waals surface area contributed by atoms with E-state index in [-0.39, 0.29) is 5.37 Å². The van der Waals surface area contributed by atoms with Gasteiger partial charge in [0.1, 0.15) is 6.04 Å². The molecule has 86 valence electrons. The molecular formula is C10H9Cl2NO2S. The smallest absolute Gasteiger partial charge is 0.321 e. The molecule has 1 fully saturated rings. The minimum atomic E-state index is -0.824. The van der Waals surface area contributed by atoms with Crippen molar-refractivity contribution in [1.82, 2.24) is 5.32 Å². The van der Waals surface area contributed by atoms with E-state index >= 15 is 0 Å². The van der Waals surface area contributed by atoms with Gasteiger partial charge in [-0.25, -0.2) is 0 Å². The lowest BCUT2D eigenvalue weighted by Gasteiger charge is -2.11. The topological polar surface area (TPSA) is 49.3 Å². The molecule has 1 saturated heterocycles. The van der Waals surface area contributed by atoms with E-state index in [9.17, 15) is 4.79 Å². The third-order valence-electron chi connectivity index (χ3n) is 2.33. The third kappa shape index (κ3) is 2.46. The van der Waals surface area contributed by atoms with Crippen LogP contribution in [0.4, 0.5) is 0 Å². The number of aliphatic carboxylic acids is 1. The summed E-state index contributed by atoms with van der Waals surface area (Å²) in [7, 11) is 0. The van der Waals surface area contributed by atoms with Crippen LogP contribution in [-0.2, 0) is 4.79 Å². The van der Waals surface area contributed by atoms with Crippen molar-refractivity contribution < 1.29 is 9.90 Å². The van der Waals surface area contributed by atoms with Gasteiger partial charge in [-0.05, 0) is 17.7 Å². The largest absolute Gasteiger partial charge is 0.480 e. The second kappa shape index (κ2) is 4.84. The quantitative estimate of drug-likeness (QED) is 0.873. The number of carbonyl (C=O) groups is 1. The Balaban J connectivity index is 2.14. The van der Waals surface area contributed by atoms with E-state index in [0.717, 1.165) is 5.56 Å². The van der Waals surface area contributed by atoms with E-state index in [2.05, 4.69) is 5.32 Å². The van der Waals surface area contributed by atoms with Gasteiger partial charge in [-0.2, -0.15) is 0 Å². The molecule has 0 radical (unpaired) electrons. The van der Waals surface area contributed by atoms with Gasteiger partial charge in [0.15, 0.2) is 0 Å². The van der Waals surface area contributed by atoms with E-state index in [1.807, 2.05) is 6.07 Å². The minimum Gasteiger partial charge on any atom is -0.480 e. The van der Waals surface area contributed by atoms with Crippen LogP contribution in [0.25, 0.3) is 0 Å². The predicted molar refractivity (Wildman–Crippen MR) is 66.2 cm³/mol. The monoisotopic (exact) mass is 277 g/mol. The lowest BCUT2D eigenvalue weighted by molar-refractivity contribution is -0.138. The molecule has 0 aliphatic carbocycles. The lowest BCUT2D eigenvalue weighted by Crippen LogP contribution is -2.33. The van der Waals surface area contributed by atoms with Crippen LogP contribution in [0.2, 0.25) is 10.0 Å². The highest BCUT2D eigenvalue weighted by Crippen LogP contribution is 2.35. The van der Waals surface area contributed by atoms with Crippen molar-refractivity contribution in [3.8, 4) is 0 Å². The van der Waals surface area contributed by atoms with Gasteiger partial charge in [0.2, 0.25) is 0 Å². The Morgan fingerprint density at radius 2 is 2.19 bits per heavy atom. The highest BCUT2D eigenvalue weighted by atomic mass is 35.5. The van der Waals surface area contributed by atoms with Crippen LogP contribution in [0.5, 0.6) is 0 Å². The first-order chi connectivity index (χ1) is 7.58. The maximum absolute atomic E-state index is 10.8. The average molecular weight is 278 g/mol. The zero-order valence-electron chi connectivity index (χ0n) is 8.11. The summed E-state index contributed by atoms with van der Waals surface area (Å²) < 4.78 is 0. The first kappa shape index (κ1) is 12.0. The van der Waals surface area contributed by atoms with Crippen molar-refractivity contribution in [3.63, 3.8) is 0 Å². The highest BCUT2D eigenvalue weighted by Gasteiger charge is 2.30. The SMILES string of the molecule is O=C(O)[C@H]1CS[C@H](c2ccc(Cl)c(Cl)c2)N1. The maximum atomic E-state index is 10.8. The zero-order valence-corrected chi connectivity index (χ0v) is 10.4. The number of halogens is 2. The van der Waals surface area contributed by atoms with Gasteiger partial charge < -0.3 is 5.11 Å². The Kier molecular flexibility index (Phi) is 3.64. The van der Waals surface area contributed by atoms with Gasteiger partial charge in [0, 0.05) is 5.75 Å². The minimum absolute atomic E-state index is 0.0316. The Morgan fingerprint density at radius 1 is 1.44 bits per heavy atom. The second-order valence-electron chi connectivity index (χ2n) is 3.44. The summed E-state index contributed by atoms with van der Waals surface area (Å²) in [5.74, 6) is -0.268. The summed E-state index contributed by atoms with van der Waals surface area (Å²) in [6.45, 7) is 0. The molecular weight excluding hydrogens is 269 g/mol. The molecule has 0 spiro atoms. The lowest BCUT2D eigenvalue weighted by atomic mass is 10.2. The van der Waals surface area contributed by atoms with Crippen molar-refractivity contribution in [2.75, 3.05) is 5.75 Å². The maximum Gasteiger partial charge on any atom is 0.321 e. The van der Waals surface area contributed by atoms with Gasteiger partial charge in [-0.1, -0.05) is 29.3 Å². The van der Waals surface area contributed by atoms with Gasteiger partial charge in [0.05, 0.1) is 15.4 Å². The molecule has 2 N–H and O–H groups in total. The molecule has 1 aliphatic rings. The molecule has 1 aliphatic heterocycles. The summed E-state index contributed by atoms with van der Waals surface area (Å²) in [5, 5.41) is 12.8. The molecule has 2 rings (SSSR count). The van der Waals surface area contributed by atoms with Gasteiger partial charge in [-0.3, -0.25) is 10.1 Å². The van der Waals surface area contributed by atoms with Crippen molar-refractivity contribution in [3.05, 3.63) is 33.8 Å². The highest BCUT2D eigenvalue weighted by molar-refractivity contribution is 7.99. The van der Waals surface area contributed by atoms with Crippen molar-refractivity contribution >= 4 is 40.9 Å². The van der Waals surface area contributed by atoms with E-state index in [1.54, 1.807) is 23.9 Å². The Hall–Kier alpha value is -0.420. The first-order valence-electron chi connectivity index (χ1n) is 4.63. The molecule has 6 heteroatoms. The Labute approximate surface area is 107 Å². The Bertz CT molecular complexity index is 427. The molecule has 1 aromatic carbocycles. The molecule has 0 saturated carbocycles. The Morgan fingerprint density at radius 3 is 2.75 bits per heavy atom. The zero-order chi connectivity index (χ0) is 11.7. The number of thioether (sulfide) groups is 1. The van der Waals surface area contributed by atoms with Crippen LogP contribution in [0.3, 0.4) is 0 Å². The van der Waals surface area contributed by atoms with E-state index in [0.29, 0.717) is 15.8 Å². The standard InChI is InChI=1S/C10H9Cl2NO2S/c11-6-2-1-5(3-7(6)12)9-13-8(4-16-9)10(14)15/h1-3,8-9,13H,4H2,(H,14,15)/t8-,9-/m1/s1. The fraction of sp³-hybridized carbons (Fsp3) is 0.300.